The van der Waals surface area contributed by atoms with Crippen LogP contribution in [0.15, 0.2) is 12.4 Å². The normalized spacial score (nSPS) is 11.1. The van der Waals surface area contributed by atoms with E-state index in [4.69, 9.17) is 5.73 Å². The van der Waals surface area contributed by atoms with Gasteiger partial charge < -0.3 is 5.73 Å². The van der Waals surface area contributed by atoms with Crippen molar-refractivity contribution in [3.63, 3.8) is 0 Å². The van der Waals surface area contributed by atoms with E-state index in [9.17, 15) is 0 Å². The Kier molecular flexibility index (Phi) is 2.67. The zero-order chi connectivity index (χ0) is 13.6. The Morgan fingerprint density at radius 2 is 1.68 bits per heavy atom. The topological polar surface area (TPSA) is 77.6 Å². The molecule has 0 unspecified atom stereocenters. The smallest absolute Gasteiger partial charge is 0.201 e. The number of thiophene rings is 1. The molecule has 0 aliphatic carbocycles. The van der Waals surface area contributed by atoms with Crippen LogP contribution in [0.5, 0.6) is 0 Å². The van der Waals surface area contributed by atoms with E-state index in [1.807, 2.05) is 13.8 Å². The van der Waals surface area contributed by atoms with Crippen molar-refractivity contribution in [3.8, 4) is 11.6 Å². The van der Waals surface area contributed by atoms with Gasteiger partial charge in [-0.05, 0) is 31.9 Å². The molecule has 0 bridgehead atoms. The molecule has 3 aromatic rings. The number of hydrogen-bond acceptors (Lipinski definition) is 6. The SMILES string of the molecule is Cc1cnc(-c2nc(N)c3c(C)c(C)sc3n2)nc1. The summed E-state index contributed by atoms with van der Waals surface area (Å²) in [4.78, 5) is 19.4. The number of hydrogen-bond donors (Lipinski definition) is 1. The lowest BCUT2D eigenvalue weighted by atomic mass is 10.2. The number of fused-ring (bicyclic) bond motifs is 1. The Labute approximate surface area is 114 Å². The van der Waals surface area contributed by atoms with Gasteiger partial charge in [-0.25, -0.2) is 19.9 Å². The van der Waals surface area contributed by atoms with Crippen molar-refractivity contribution in [1.82, 2.24) is 19.9 Å². The third-order valence-corrected chi connectivity index (χ3v) is 4.14. The highest BCUT2D eigenvalue weighted by atomic mass is 32.1. The highest BCUT2D eigenvalue weighted by molar-refractivity contribution is 7.18. The summed E-state index contributed by atoms with van der Waals surface area (Å²) < 4.78 is 0. The quantitative estimate of drug-likeness (QED) is 0.736. The lowest BCUT2D eigenvalue weighted by Gasteiger charge is -2.02. The van der Waals surface area contributed by atoms with Gasteiger partial charge in [-0.1, -0.05) is 0 Å². The van der Waals surface area contributed by atoms with Crippen LogP contribution in [0.2, 0.25) is 0 Å². The third kappa shape index (κ3) is 1.94. The number of aryl methyl sites for hydroxylation is 3. The predicted molar refractivity (Wildman–Crippen MR) is 77.1 cm³/mol. The molecule has 0 fully saturated rings. The van der Waals surface area contributed by atoms with Crippen molar-refractivity contribution in [1.29, 1.82) is 0 Å². The van der Waals surface area contributed by atoms with E-state index in [0.717, 1.165) is 21.3 Å². The molecule has 0 amide bonds. The Balaban J connectivity index is 2.23. The van der Waals surface area contributed by atoms with E-state index in [2.05, 4.69) is 26.9 Å². The number of nitrogens with two attached hydrogens (primary N) is 1. The first-order chi connectivity index (χ1) is 9.06. The molecule has 19 heavy (non-hydrogen) atoms. The molecule has 0 aliphatic heterocycles. The van der Waals surface area contributed by atoms with Gasteiger partial charge in [0.1, 0.15) is 10.6 Å². The van der Waals surface area contributed by atoms with Crippen LogP contribution in [0.4, 0.5) is 5.82 Å². The molecule has 0 aliphatic rings. The summed E-state index contributed by atoms with van der Waals surface area (Å²) in [6, 6.07) is 0. The molecule has 0 saturated heterocycles. The fraction of sp³-hybridized carbons (Fsp3) is 0.231. The molecule has 96 valence electrons. The van der Waals surface area contributed by atoms with Gasteiger partial charge in [-0.2, -0.15) is 0 Å². The summed E-state index contributed by atoms with van der Waals surface area (Å²) in [5.74, 6) is 1.47. The molecular formula is C13H13N5S. The van der Waals surface area contributed by atoms with Crippen LogP contribution in [0.1, 0.15) is 16.0 Å². The third-order valence-electron chi connectivity index (χ3n) is 3.04. The number of aromatic nitrogens is 4. The molecule has 3 aromatic heterocycles. The van der Waals surface area contributed by atoms with Gasteiger partial charge in [0.15, 0.2) is 5.82 Å². The summed E-state index contributed by atoms with van der Waals surface area (Å²) in [6.07, 6.45) is 3.49. The molecule has 0 radical (unpaired) electrons. The van der Waals surface area contributed by atoms with Gasteiger partial charge in [0.05, 0.1) is 5.39 Å². The summed E-state index contributed by atoms with van der Waals surface area (Å²) >= 11 is 1.62. The minimum atomic E-state index is 0.478. The fourth-order valence-corrected chi connectivity index (χ4v) is 2.93. The Hall–Kier alpha value is -2.08. The average Bonchev–Trinajstić information content (AvgIpc) is 2.66. The summed E-state index contributed by atoms with van der Waals surface area (Å²) in [5, 5.41) is 0.943. The molecule has 0 saturated carbocycles. The first-order valence-electron chi connectivity index (χ1n) is 5.88. The molecule has 0 atom stereocenters. The van der Waals surface area contributed by atoms with Crippen LogP contribution in [0.3, 0.4) is 0 Å². The summed E-state index contributed by atoms with van der Waals surface area (Å²) in [7, 11) is 0. The summed E-state index contributed by atoms with van der Waals surface area (Å²) in [5.41, 5.74) is 8.19. The average molecular weight is 271 g/mol. The number of nitrogens with zero attached hydrogens (tertiary/aromatic N) is 4. The molecular weight excluding hydrogens is 258 g/mol. The molecule has 2 N–H and O–H groups in total. The maximum Gasteiger partial charge on any atom is 0.201 e. The Bertz CT molecular complexity index is 761. The molecule has 3 rings (SSSR count). The van der Waals surface area contributed by atoms with Gasteiger partial charge in [0.2, 0.25) is 5.82 Å². The van der Waals surface area contributed by atoms with Crippen LogP contribution in [0, 0.1) is 20.8 Å². The number of nitrogen functional groups attached to an aromatic ring is 1. The molecule has 0 spiro atoms. The predicted octanol–water partition coefficient (Wildman–Crippen LogP) is 2.66. The highest BCUT2D eigenvalue weighted by Crippen LogP contribution is 2.32. The zero-order valence-electron chi connectivity index (χ0n) is 10.9. The Morgan fingerprint density at radius 3 is 2.37 bits per heavy atom. The first kappa shape index (κ1) is 12.0. The van der Waals surface area contributed by atoms with Crippen molar-refractivity contribution >= 4 is 27.4 Å². The van der Waals surface area contributed by atoms with Crippen LogP contribution in [0.25, 0.3) is 21.9 Å². The van der Waals surface area contributed by atoms with Crippen LogP contribution in [-0.4, -0.2) is 19.9 Å². The van der Waals surface area contributed by atoms with E-state index in [-0.39, 0.29) is 0 Å². The summed E-state index contributed by atoms with van der Waals surface area (Å²) in [6.45, 7) is 6.04. The van der Waals surface area contributed by atoms with E-state index in [1.165, 1.54) is 4.88 Å². The minimum absolute atomic E-state index is 0.478. The lowest BCUT2D eigenvalue weighted by Crippen LogP contribution is -1.99. The number of rotatable bonds is 1. The molecule has 5 nitrogen and oxygen atoms in total. The van der Waals surface area contributed by atoms with Crippen LogP contribution in [-0.2, 0) is 0 Å². The van der Waals surface area contributed by atoms with Gasteiger partial charge in [-0.15, -0.1) is 11.3 Å². The van der Waals surface area contributed by atoms with Crippen molar-refractivity contribution in [2.45, 2.75) is 20.8 Å². The van der Waals surface area contributed by atoms with Crippen molar-refractivity contribution in [2.75, 3.05) is 5.73 Å². The Morgan fingerprint density at radius 1 is 1.00 bits per heavy atom. The van der Waals surface area contributed by atoms with Gasteiger partial charge >= 0.3 is 0 Å². The minimum Gasteiger partial charge on any atom is -0.383 e. The van der Waals surface area contributed by atoms with Crippen molar-refractivity contribution in [2.24, 2.45) is 0 Å². The van der Waals surface area contributed by atoms with E-state index in [1.54, 1.807) is 23.7 Å². The van der Waals surface area contributed by atoms with Gasteiger partial charge in [0.25, 0.3) is 0 Å². The highest BCUT2D eigenvalue weighted by Gasteiger charge is 2.14. The second-order valence-electron chi connectivity index (χ2n) is 4.48. The van der Waals surface area contributed by atoms with Crippen molar-refractivity contribution in [3.05, 3.63) is 28.4 Å². The molecule has 0 aromatic carbocycles. The van der Waals surface area contributed by atoms with E-state index in [0.29, 0.717) is 17.5 Å². The first-order valence-corrected chi connectivity index (χ1v) is 6.70. The van der Waals surface area contributed by atoms with Crippen LogP contribution < -0.4 is 5.73 Å². The maximum absolute atomic E-state index is 6.04. The fourth-order valence-electron chi connectivity index (χ4n) is 1.89. The molecule has 6 heteroatoms. The number of anilines is 1. The largest absolute Gasteiger partial charge is 0.383 e. The van der Waals surface area contributed by atoms with Crippen molar-refractivity contribution < 1.29 is 0 Å². The second kappa shape index (κ2) is 4.24. The van der Waals surface area contributed by atoms with E-state index >= 15 is 0 Å². The maximum atomic E-state index is 6.04. The molecule has 3 heterocycles. The zero-order valence-corrected chi connectivity index (χ0v) is 11.7. The van der Waals surface area contributed by atoms with Gasteiger partial charge in [-0.3, -0.25) is 0 Å². The van der Waals surface area contributed by atoms with Gasteiger partial charge in [0, 0.05) is 17.3 Å². The van der Waals surface area contributed by atoms with E-state index < -0.39 is 0 Å². The van der Waals surface area contributed by atoms with Crippen LogP contribution >= 0.6 is 11.3 Å². The lowest BCUT2D eigenvalue weighted by molar-refractivity contribution is 1.08. The monoisotopic (exact) mass is 271 g/mol. The second-order valence-corrected chi connectivity index (χ2v) is 5.68. The standard InChI is InChI=1S/C13H13N5S/c1-6-4-15-11(16-5-6)12-17-10(14)9-7(2)8(3)19-13(9)18-12/h4-5H,1-3H3,(H2,14,17,18).